The summed E-state index contributed by atoms with van der Waals surface area (Å²) in [6.45, 7) is 4.36. The van der Waals surface area contributed by atoms with Crippen LogP contribution in [0.2, 0.25) is 0 Å². The van der Waals surface area contributed by atoms with Gasteiger partial charge >= 0.3 is 0 Å². The van der Waals surface area contributed by atoms with E-state index < -0.39 is 5.91 Å². The maximum atomic E-state index is 11.1. The van der Waals surface area contributed by atoms with Crippen molar-refractivity contribution in [2.45, 2.75) is 19.3 Å². The van der Waals surface area contributed by atoms with Gasteiger partial charge in [-0.05, 0) is 37.8 Å². The number of carbonyl (C=O) groups excluding carboxylic acids is 1. The zero-order valence-electron chi connectivity index (χ0n) is 10.3. The summed E-state index contributed by atoms with van der Waals surface area (Å²) in [6.07, 6.45) is 3.73. The molecular formula is C12H18N4OS. The van der Waals surface area contributed by atoms with Gasteiger partial charge in [-0.25, -0.2) is 4.98 Å². The minimum absolute atomic E-state index is 0.390. The van der Waals surface area contributed by atoms with Gasteiger partial charge in [0.15, 0.2) is 5.13 Å². The number of primary amides is 1. The molecule has 0 aromatic carbocycles. The van der Waals surface area contributed by atoms with Gasteiger partial charge in [-0.2, -0.15) is 0 Å². The van der Waals surface area contributed by atoms with Gasteiger partial charge in [0.2, 0.25) is 0 Å². The fraction of sp³-hybridized carbons (Fsp3) is 0.667. The lowest BCUT2D eigenvalue weighted by atomic mass is 9.78. The second-order valence-electron chi connectivity index (χ2n) is 5.30. The van der Waals surface area contributed by atoms with Gasteiger partial charge in [0, 0.05) is 18.5 Å². The third-order valence-electron chi connectivity index (χ3n) is 4.12. The van der Waals surface area contributed by atoms with Crippen molar-refractivity contribution >= 4 is 22.4 Å². The number of amides is 1. The average Bonchev–Trinajstić information content (AvgIpc) is 2.97. The Kier molecular flexibility index (Phi) is 2.99. The molecule has 1 aromatic heterocycles. The molecule has 0 aliphatic carbocycles. The minimum atomic E-state index is -0.437. The smallest absolute Gasteiger partial charge is 0.268 e. The predicted molar refractivity (Wildman–Crippen MR) is 72.0 cm³/mol. The molecule has 5 nitrogen and oxygen atoms in total. The highest BCUT2D eigenvalue weighted by Gasteiger charge is 2.39. The van der Waals surface area contributed by atoms with Gasteiger partial charge in [0.25, 0.3) is 5.91 Å². The molecule has 3 heterocycles. The molecule has 18 heavy (non-hydrogen) atoms. The number of nitrogens with two attached hydrogens (primary N) is 1. The predicted octanol–water partition coefficient (Wildman–Crippen LogP) is 0.822. The second kappa shape index (κ2) is 4.51. The van der Waals surface area contributed by atoms with Gasteiger partial charge in [0.1, 0.15) is 5.69 Å². The number of rotatable bonds is 2. The van der Waals surface area contributed by atoms with Crippen LogP contribution < -0.4 is 16.0 Å². The first-order valence-electron chi connectivity index (χ1n) is 6.40. The topological polar surface area (TPSA) is 71.2 Å². The molecule has 2 aliphatic rings. The molecule has 1 aromatic rings. The fourth-order valence-electron chi connectivity index (χ4n) is 2.99. The van der Waals surface area contributed by atoms with Crippen LogP contribution in [0.1, 0.15) is 29.8 Å². The highest BCUT2D eigenvalue weighted by molar-refractivity contribution is 7.13. The maximum Gasteiger partial charge on any atom is 0.268 e. The van der Waals surface area contributed by atoms with Crippen molar-refractivity contribution in [2.75, 3.05) is 31.1 Å². The van der Waals surface area contributed by atoms with Crippen molar-refractivity contribution in [3.63, 3.8) is 0 Å². The molecule has 6 heteroatoms. The third-order valence-corrected chi connectivity index (χ3v) is 5.02. The van der Waals surface area contributed by atoms with E-state index in [0.29, 0.717) is 11.1 Å². The monoisotopic (exact) mass is 266 g/mol. The summed E-state index contributed by atoms with van der Waals surface area (Å²) in [7, 11) is 0. The number of hydrogen-bond donors (Lipinski definition) is 2. The van der Waals surface area contributed by atoms with Crippen LogP contribution in [0.15, 0.2) is 5.38 Å². The number of anilines is 1. The van der Waals surface area contributed by atoms with Crippen molar-refractivity contribution in [2.24, 2.45) is 11.1 Å². The molecule has 0 bridgehead atoms. The molecule has 3 rings (SSSR count). The van der Waals surface area contributed by atoms with E-state index in [0.717, 1.165) is 31.3 Å². The van der Waals surface area contributed by atoms with E-state index in [1.807, 2.05) is 0 Å². The van der Waals surface area contributed by atoms with E-state index in [-0.39, 0.29) is 0 Å². The van der Waals surface area contributed by atoms with E-state index in [9.17, 15) is 4.79 Å². The number of carbonyl (C=O) groups is 1. The normalized spacial score (nSPS) is 22.6. The first-order chi connectivity index (χ1) is 8.69. The molecule has 3 N–H and O–H groups in total. The summed E-state index contributed by atoms with van der Waals surface area (Å²) in [4.78, 5) is 17.7. The molecule has 1 amide bonds. The summed E-state index contributed by atoms with van der Waals surface area (Å²) >= 11 is 1.52. The van der Waals surface area contributed by atoms with Crippen LogP contribution in [0.4, 0.5) is 5.13 Å². The van der Waals surface area contributed by atoms with E-state index in [1.54, 1.807) is 5.38 Å². The number of nitrogens with one attached hydrogen (secondary N) is 1. The quantitative estimate of drug-likeness (QED) is 0.831. The van der Waals surface area contributed by atoms with Crippen LogP contribution in [0.5, 0.6) is 0 Å². The SMILES string of the molecule is NC(=O)c1csc(N2CCC3(CCNCC3)C2)n1. The summed E-state index contributed by atoms with van der Waals surface area (Å²) in [5.74, 6) is -0.437. The molecule has 0 atom stereocenters. The summed E-state index contributed by atoms with van der Waals surface area (Å²) in [5.41, 5.74) is 6.09. The van der Waals surface area contributed by atoms with Crippen molar-refractivity contribution in [1.82, 2.24) is 10.3 Å². The lowest BCUT2D eigenvalue weighted by Gasteiger charge is -2.33. The van der Waals surface area contributed by atoms with Crippen molar-refractivity contribution in [3.05, 3.63) is 11.1 Å². The molecule has 1 spiro atoms. The maximum absolute atomic E-state index is 11.1. The molecule has 2 fully saturated rings. The van der Waals surface area contributed by atoms with E-state index in [1.165, 1.54) is 30.6 Å². The van der Waals surface area contributed by atoms with E-state index >= 15 is 0 Å². The van der Waals surface area contributed by atoms with Crippen LogP contribution in [0.3, 0.4) is 0 Å². The van der Waals surface area contributed by atoms with Crippen LogP contribution >= 0.6 is 11.3 Å². The Balaban J connectivity index is 1.72. The average molecular weight is 266 g/mol. The first-order valence-corrected chi connectivity index (χ1v) is 7.28. The summed E-state index contributed by atoms with van der Waals surface area (Å²) < 4.78 is 0. The molecule has 2 saturated heterocycles. The Hall–Kier alpha value is -1.14. The van der Waals surface area contributed by atoms with Gasteiger partial charge < -0.3 is 16.0 Å². The summed E-state index contributed by atoms with van der Waals surface area (Å²) in [6, 6.07) is 0. The Morgan fingerprint density at radius 2 is 2.22 bits per heavy atom. The van der Waals surface area contributed by atoms with Crippen LogP contribution in [-0.2, 0) is 0 Å². The lowest BCUT2D eigenvalue weighted by molar-refractivity contribution is 0.0996. The Morgan fingerprint density at radius 3 is 2.89 bits per heavy atom. The molecular weight excluding hydrogens is 248 g/mol. The largest absolute Gasteiger partial charge is 0.364 e. The molecule has 0 unspecified atom stereocenters. The molecule has 98 valence electrons. The number of aromatic nitrogens is 1. The molecule has 0 radical (unpaired) electrons. The number of hydrogen-bond acceptors (Lipinski definition) is 5. The molecule has 2 aliphatic heterocycles. The van der Waals surface area contributed by atoms with Gasteiger partial charge in [0.05, 0.1) is 0 Å². The number of piperidine rings is 1. The van der Waals surface area contributed by atoms with E-state index in [2.05, 4.69) is 15.2 Å². The lowest BCUT2D eigenvalue weighted by Crippen LogP contribution is -2.38. The van der Waals surface area contributed by atoms with Crippen LogP contribution in [-0.4, -0.2) is 37.1 Å². The van der Waals surface area contributed by atoms with Crippen molar-refractivity contribution < 1.29 is 4.79 Å². The van der Waals surface area contributed by atoms with Crippen molar-refractivity contribution in [3.8, 4) is 0 Å². The van der Waals surface area contributed by atoms with Gasteiger partial charge in [-0.15, -0.1) is 11.3 Å². The molecule has 0 saturated carbocycles. The third kappa shape index (κ3) is 2.10. The number of thiazole rings is 1. The zero-order chi connectivity index (χ0) is 12.6. The highest BCUT2D eigenvalue weighted by atomic mass is 32.1. The summed E-state index contributed by atoms with van der Waals surface area (Å²) in [5, 5.41) is 6.12. The Labute approximate surface area is 110 Å². The Bertz CT molecular complexity index is 453. The van der Waals surface area contributed by atoms with Crippen LogP contribution in [0.25, 0.3) is 0 Å². The Morgan fingerprint density at radius 1 is 1.44 bits per heavy atom. The van der Waals surface area contributed by atoms with E-state index in [4.69, 9.17) is 5.73 Å². The first kappa shape index (κ1) is 11.9. The standard InChI is InChI=1S/C12H18N4OS/c13-10(17)9-7-18-11(15-9)16-6-3-12(8-16)1-4-14-5-2-12/h7,14H,1-6,8H2,(H2,13,17). The minimum Gasteiger partial charge on any atom is -0.364 e. The second-order valence-corrected chi connectivity index (χ2v) is 6.14. The highest BCUT2D eigenvalue weighted by Crippen LogP contribution is 2.40. The number of nitrogens with zero attached hydrogens (tertiary/aromatic N) is 2. The van der Waals surface area contributed by atoms with Crippen molar-refractivity contribution in [1.29, 1.82) is 0 Å². The van der Waals surface area contributed by atoms with Gasteiger partial charge in [-0.1, -0.05) is 0 Å². The fourth-order valence-corrected chi connectivity index (χ4v) is 3.83. The zero-order valence-corrected chi connectivity index (χ0v) is 11.1. The van der Waals surface area contributed by atoms with Gasteiger partial charge in [-0.3, -0.25) is 4.79 Å². The van der Waals surface area contributed by atoms with Crippen LogP contribution in [0, 0.1) is 5.41 Å².